The number of thiazole rings is 1. The van der Waals surface area contributed by atoms with Crippen LogP contribution in [0.25, 0.3) is 27.8 Å². The summed E-state index contributed by atoms with van der Waals surface area (Å²) < 4.78 is 10.0. The van der Waals surface area contributed by atoms with Crippen molar-refractivity contribution in [3.8, 4) is 11.4 Å². The van der Waals surface area contributed by atoms with Crippen molar-refractivity contribution in [3.05, 3.63) is 84.4 Å². The van der Waals surface area contributed by atoms with E-state index in [2.05, 4.69) is 24.5 Å². The smallest absolute Gasteiger partial charge is 0.274 e. The lowest BCUT2D eigenvalue weighted by Crippen LogP contribution is -2.22. The van der Waals surface area contributed by atoms with E-state index in [0.29, 0.717) is 14.5 Å². The first-order valence-corrected chi connectivity index (χ1v) is 11.4. The number of aromatic nitrogens is 3. The molecular weight excluding hydrogens is 442 g/mol. The van der Waals surface area contributed by atoms with E-state index in [-0.39, 0.29) is 5.56 Å². The fourth-order valence-electron chi connectivity index (χ4n) is 4.20. The number of ether oxygens (including phenoxy) is 1. The van der Waals surface area contributed by atoms with Gasteiger partial charge in [0.1, 0.15) is 5.75 Å². The van der Waals surface area contributed by atoms with Crippen LogP contribution < -0.4 is 14.8 Å². The summed E-state index contributed by atoms with van der Waals surface area (Å²) >= 11 is 7.68. The second kappa shape index (κ2) is 7.50. The van der Waals surface area contributed by atoms with Gasteiger partial charge in [-0.25, -0.2) is 9.38 Å². The van der Waals surface area contributed by atoms with Gasteiger partial charge >= 0.3 is 0 Å². The third kappa shape index (κ3) is 3.14. The van der Waals surface area contributed by atoms with E-state index in [9.17, 15) is 4.79 Å². The fourth-order valence-corrected chi connectivity index (χ4v) is 5.35. The van der Waals surface area contributed by atoms with Crippen molar-refractivity contribution in [3.63, 3.8) is 0 Å². The summed E-state index contributed by atoms with van der Waals surface area (Å²) in [5.74, 6) is 0.735. The van der Waals surface area contributed by atoms with Crippen LogP contribution in [0, 0.1) is 27.7 Å². The molecule has 0 atom stereocenters. The van der Waals surface area contributed by atoms with E-state index in [1.807, 2.05) is 50.3 Å². The summed E-state index contributed by atoms with van der Waals surface area (Å²) in [6.45, 7) is 8.17. The lowest BCUT2D eigenvalue weighted by molar-refractivity contribution is 0.412. The SMILES string of the molecule is COc1ccc(Cl)cc1-n1c(C)cc(/C=c2\sc3nc4cc(C)c(C)cc4n3c2=O)c1C. The molecule has 7 heteroatoms. The molecule has 0 unspecified atom stereocenters. The monoisotopic (exact) mass is 463 g/mol. The largest absolute Gasteiger partial charge is 0.495 e. The zero-order valence-corrected chi connectivity index (χ0v) is 20.1. The van der Waals surface area contributed by atoms with E-state index in [0.717, 1.165) is 45.0 Å². The first-order chi connectivity index (χ1) is 15.3. The summed E-state index contributed by atoms with van der Waals surface area (Å²) in [6, 6.07) is 11.7. The molecule has 0 spiro atoms. The number of hydrogen-bond donors (Lipinski definition) is 0. The maximum absolute atomic E-state index is 13.3. The van der Waals surface area contributed by atoms with Crippen LogP contribution >= 0.6 is 22.9 Å². The maximum atomic E-state index is 13.3. The van der Waals surface area contributed by atoms with Crippen LogP contribution in [0.3, 0.4) is 0 Å². The Morgan fingerprint density at radius 3 is 2.56 bits per heavy atom. The van der Waals surface area contributed by atoms with Crippen molar-refractivity contribution in [2.45, 2.75) is 27.7 Å². The van der Waals surface area contributed by atoms with Crippen LogP contribution in [0.15, 0.2) is 41.2 Å². The minimum Gasteiger partial charge on any atom is -0.495 e. The van der Waals surface area contributed by atoms with Gasteiger partial charge < -0.3 is 9.30 Å². The summed E-state index contributed by atoms with van der Waals surface area (Å²) in [7, 11) is 1.65. The van der Waals surface area contributed by atoms with Crippen molar-refractivity contribution in [1.29, 1.82) is 0 Å². The highest BCUT2D eigenvalue weighted by molar-refractivity contribution is 7.15. The van der Waals surface area contributed by atoms with Gasteiger partial charge in [-0.3, -0.25) is 4.79 Å². The molecule has 0 amide bonds. The number of benzene rings is 2. The Morgan fingerprint density at radius 1 is 1.06 bits per heavy atom. The third-order valence-corrected chi connectivity index (χ3v) is 7.20. The topological polar surface area (TPSA) is 48.5 Å². The molecule has 0 fully saturated rings. The molecule has 32 heavy (non-hydrogen) atoms. The normalized spacial score (nSPS) is 12.4. The van der Waals surface area contributed by atoms with Crippen molar-refractivity contribution in [2.75, 3.05) is 7.11 Å². The van der Waals surface area contributed by atoms with Gasteiger partial charge in [-0.2, -0.15) is 0 Å². The lowest BCUT2D eigenvalue weighted by atomic mass is 10.1. The minimum atomic E-state index is -0.0408. The van der Waals surface area contributed by atoms with E-state index >= 15 is 0 Å². The fraction of sp³-hybridized carbons (Fsp3) is 0.200. The van der Waals surface area contributed by atoms with Gasteiger partial charge in [0, 0.05) is 16.4 Å². The first kappa shape index (κ1) is 20.8. The number of imidazole rings is 1. The molecule has 162 valence electrons. The van der Waals surface area contributed by atoms with Gasteiger partial charge in [0.25, 0.3) is 5.56 Å². The van der Waals surface area contributed by atoms with Crippen molar-refractivity contribution >= 4 is 45.0 Å². The molecule has 5 rings (SSSR count). The second-order valence-corrected chi connectivity index (χ2v) is 9.49. The van der Waals surface area contributed by atoms with Gasteiger partial charge in [-0.15, -0.1) is 0 Å². The number of aryl methyl sites for hydroxylation is 3. The minimum absolute atomic E-state index is 0.0408. The van der Waals surface area contributed by atoms with Crippen LogP contribution in [0.2, 0.25) is 5.02 Å². The Kier molecular flexibility index (Phi) is 4.87. The average molecular weight is 464 g/mol. The molecule has 0 N–H and O–H groups in total. The molecule has 0 aliphatic heterocycles. The molecule has 0 bridgehead atoms. The number of rotatable bonds is 3. The Labute approximate surface area is 194 Å². The van der Waals surface area contributed by atoms with Crippen LogP contribution in [-0.2, 0) is 0 Å². The predicted octanol–water partition coefficient (Wildman–Crippen LogP) is 5.14. The van der Waals surface area contributed by atoms with Crippen molar-refractivity contribution < 1.29 is 4.74 Å². The molecule has 0 saturated carbocycles. The number of halogens is 1. The van der Waals surface area contributed by atoms with E-state index in [4.69, 9.17) is 21.3 Å². The maximum Gasteiger partial charge on any atom is 0.274 e. The zero-order chi connectivity index (χ0) is 22.7. The predicted molar refractivity (Wildman–Crippen MR) is 132 cm³/mol. The van der Waals surface area contributed by atoms with Crippen molar-refractivity contribution in [2.24, 2.45) is 0 Å². The summed E-state index contributed by atoms with van der Waals surface area (Å²) in [5, 5.41) is 0.637. The highest BCUT2D eigenvalue weighted by atomic mass is 35.5. The quantitative estimate of drug-likeness (QED) is 0.372. The van der Waals surface area contributed by atoms with Crippen LogP contribution in [0.4, 0.5) is 0 Å². The van der Waals surface area contributed by atoms with Gasteiger partial charge in [0.2, 0.25) is 0 Å². The lowest BCUT2D eigenvalue weighted by Gasteiger charge is -2.14. The molecule has 5 aromatic rings. The Balaban J connectivity index is 1.71. The molecule has 0 radical (unpaired) electrons. The number of nitrogens with zero attached hydrogens (tertiary/aromatic N) is 3. The number of fused-ring (bicyclic) bond motifs is 3. The highest BCUT2D eigenvalue weighted by Crippen LogP contribution is 2.31. The molecule has 0 saturated heterocycles. The average Bonchev–Trinajstić information content (AvgIpc) is 3.33. The first-order valence-electron chi connectivity index (χ1n) is 10.3. The van der Waals surface area contributed by atoms with Crippen LogP contribution in [0.5, 0.6) is 5.75 Å². The standard InChI is InChI=1S/C25H22ClN3O2S/c1-13-8-19-20(9-14(13)2)29-24(30)23(32-25(29)27-19)11-17-10-15(3)28(16(17)4)21-12-18(26)6-7-22(21)31-5/h6-12H,1-5H3/b23-11-. The molecule has 0 aliphatic carbocycles. The van der Waals surface area contributed by atoms with Crippen LogP contribution in [0.1, 0.15) is 28.1 Å². The van der Waals surface area contributed by atoms with Gasteiger partial charge in [0.15, 0.2) is 4.96 Å². The molecule has 2 aromatic carbocycles. The Morgan fingerprint density at radius 2 is 1.81 bits per heavy atom. The Bertz CT molecular complexity index is 1640. The second-order valence-electron chi connectivity index (χ2n) is 8.05. The highest BCUT2D eigenvalue weighted by Gasteiger charge is 2.16. The van der Waals surface area contributed by atoms with Crippen LogP contribution in [-0.4, -0.2) is 21.1 Å². The molecular formula is C25H22ClN3O2S. The van der Waals surface area contributed by atoms with Gasteiger partial charge in [-0.1, -0.05) is 22.9 Å². The van der Waals surface area contributed by atoms with Gasteiger partial charge in [0.05, 0.1) is 28.4 Å². The molecule has 0 aliphatic rings. The van der Waals surface area contributed by atoms with E-state index < -0.39 is 0 Å². The number of hydrogen-bond acceptors (Lipinski definition) is 4. The molecule has 5 nitrogen and oxygen atoms in total. The molecule has 3 aromatic heterocycles. The summed E-state index contributed by atoms with van der Waals surface area (Å²) in [6.07, 6.45) is 1.95. The Hall–Kier alpha value is -3.09. The number of methoxy groups -OCH3 is 1. The van der Waals surface area contributed by atoms with Crippen molar-refractivity contribution in [1.82, 2.24) is 14.0 Å². The molecule has 3 heterocycles. The summed E-state index contributed by atoms with van der Waals surface area (Å²) in [4.78, 5) is 18.7. The third-order valence-electron chi connectivity index (χ3n) is 5.99. The summed E-state index contributed by atoms with van der Waals surface area (Å²) in [5.41, 5.74) is 7.87. The van der Waals surface area contributed by atoms with E-state index in [1.54, 1.807) is 11.5 Å². The zero-order valence-electron chi connectivity index (χ0n) is 18.5. The van der Waals surface area contributed by atoms with Gasteiger partial charge in [-0.05, 0) is 86.9 Å². The van der Waals surface area contributed by atoms with E-state index in [1.165, 1.54) is 16.9 Å².